The zero-order chi connectivity index (χ0) is 21.3. The van der Waals surface area contributed by atoms with E-state index in [0.29, 0.717) is 6.54 Å². The number of aromatic nitrogens is 6. The van der Waals surface area contributed by atoms with Crippen LogP contribution in [0.25, 0.3) is 0 Å². The fraction of sp³-hybridized carbons (Fsp3) is 0.333. The van der Waals surface area contributed by atoms with Crippen LogP contribution in [0, 0.1) is 6.92 Å². The Balaban J connectivity index is 1.37. The molecule has 0 atom stereocenters. The van der Waals surface area contributed by atoms with Gasteiger partial charge in [-0.15, -0.1) is 10.2 Å². The molecular formula is C24H29N7. The van der Waals surface area contributed by atoms with Gasteiger partial charge in [0.05, 0.1) is 19.6 Å². The van der Waals surface area contributed by atoms with Gasteiger partial charge in [-0.1, -0.05) is 60.2 Å². The highest BCUT2D eigenvalue weighted by molar-refractivity contribution is 5.21. The van der Waals surface area contributed by atoms with E-state index in [-0.39, 0.29) is 0 Å². The van der Waals surface area contributed by atoms with Crippen molar-refractivity contribution < 1.29 is 0 Å². The first-order valence-corrected chi connectivity index (χ1v) is 10.8. The zero-order valence-electron chi connectivity index (χ0n) is 18.0. The molecule has 0 saturated carbocycles. The van der Waals surface area contributed by atoms with E-state index >= 15 is 0 Å². The highest BCUT2D eigenvalue weighted by Crippen LogP contribution is 2.12. The lowest BCUT2D eigenvalue weighted by Gasteiger charge is -2.21. The number of aromatic amines is 1. The number of hydrogen-bond donors (Lipinski definition) is 1. The largest absolute Gasteiger partial charge is 0.312 e. The Labute approximate surface area is 183 Å². The number of H-pyrrole nitrogens is 1. The number of nitrogens with zero attached hydrogens (tertiary/aromatic N) is 6. The molecule has 0 radical (unpaired) electrons. The normalized spacial score (nSPS) is 11.3. The van der Waals surface area contributed by atoms with E-state index in [4.69, 9.17) is 0 Å². The molecule has 31 heavy (non-hydrogen) atoms. The van der Waals surface area contributed by atoms with E-state index in [1.54, 1.807) is 6.33 Å². The minimum atomic E-state index is 0.711. The van der Waals surface area contributed by atoms with Crippen LogP contribution in [0.5, 0.6) is 0 Å². The Hall–Kier alpha value is -3.32. The average Bonchev–Trinajstić information content (AvgIpc) is 3.46. The highest BCUT2D eigenvalue weighted by atomic mass is 15.3. The molecule has 160 valence electrons. The Morgan fingerprint density at radius 2 is 1.77 bits per heavy atom. The number of rotatable bonds is 11. The molecule has 0 aliphatic carbocycles. The smallest absolute Gasteiger partial charge is 0.147 e. The van der Waals surface area contributed by atoms with Gasteiger partial charge in [-0.05, 0) is 43.9 Å². The third-order valence-electron chi connectivity index (χ3n) is 5.41. The fourth-order valence-corrected chi connectivity index (χ4v) is 3.67. The first-order chi connectivity index (χ1) is 15.3. The summed E-state index contributed by atoms with van der Waals surface area (Å²) in [6.45, 7) is 5.27. The summed E-state index contributed by atoms with van der Waals surface area (Å²) in [5.41, 5.74) is 3.90. The third-order valence-corrected chi connectivity index (χ3v) is 5.41. The van der Waals surface area contributed by atoms with Crippen molar-refractivity contribution in [2.45, 2.75) is 45.8 Å². The molecule has 0 bridgehead atoms. The van der Waals surface area contributed by atoms with E-state index in [0.717, 1.165) is 50.5 Å². The van der Waals surface area contributed by atoms with Crippen LogP contribution in [0.1, 0.15) is 41.2 Å². The van der Waals surface area contributed by atoms with Crippen molar-refractivity contribution in [1.82, 2.24) is 34.8 Å². The summed E-state index contributed by atoms with van der Waals surface area (Å²) in [4.78, 5) is 6.67. The van der Waals surface area contributed by atoms with Gasteiger partial charge >= 0.3 is 0 Å². The number of unbranched alkanes of at least 4 members (excludes halogenated alkanes) is 1. The van der Waals surface area contributed by atoms with Gasteiger partial charge in [0.25, 0.3) is 0 Å². The van der Waals surface area contributed by atoms with Crippen LogP contribution in [0.3, 0.4) is 0 Å². The Kier molecular flexibility index (Phi) is 7.18. The van der Waals surface area contributed by atoms with Crippen LogP contribution in [0.4, 0.5) is 0 Å². The van der Waals surface area contributed by atoms with Crippen molar-refractivity contribution in [2.24, 2.45) is 0 Å². The van der Waals surface area contributed by atoms with E-state index in [1.165, 1.54) is 16.7 Å². The van der Waals surface area contributed by atoms with Crippen molar-refractivity contribution in [3.05, 3.63) is 95.6 Å². The molecule has 2 aromatic heterocycles. The molecule has 2 aromatic carbocycles. The monoisotopic (exact) mass is 415 g/mol. The molecule has 0 aliphatic heterocycles. The van der Waals surface area contributed by atoms with Gasteiger partial charge in [-0.3, -0.25) is 10.00 Å². The summed E-state index contributed by atoms with van der Waals surface area (Å²) < 4.78 is 2.13. The molecule has 2 heterocycles. The second-order valence-corrected chi connectivity index (χ2v) is 7.95. The van der Waals surface area contributed by atoms with Crippen LogP contribution in [-0.2, 0) is 26.1 Å². The highest BCUT2D eigenvalue weighted by Gasteiger charge is 2.13. The summed E-state index contributed by atoms with van der Waals surface area (Å²) in [7, 11) is 0. The maximum absolute atomic E-state index is 4.40. The summed E-state index contributed by atoms with van der Waals surface area (Å²) in [5, 5.41) is 15.5. The molecule has 0 aliphatic rings. The van der Waals surface area contributed by atoms with Crippen LogP contribution in [-0.4, -0.2) is 41.4 Å². The third kappa shape index (κ3) is 6.33. The molecule has 0 saturated heterocycles. The topological polar surface area (TPSA) is 75.5 Å². The number of nitrogens with one attached hydrogen (secondary N) is 1. The quantitative estimate of drug-likeness (QED) is 0.377. The number of hydrogen-bond acceptors (Lipinski definition) is 5. The van der Waals surface area contributed by atoms with Gasteiger partial charge in [0.1, 0.15) is 24.3 Å². The van der Waals surface area contributed by atoms with Gasteiger partial charge in [-0.2, -0.15) is 5.10 Å². The maximum Gasteiger partial charge on any atom is 0.147 e. The first-order valence-electron chi connectivity index (χ1n) is 10.8. The summed E-state index contributed by atoms with van der Waals surface area (Å²) >= 11 is 0. The van der Waals surface area contributed by atoms with E-state index < -0.39 is 0 Å². The fourth-order valence-electron chi connectivity index (χ4n) is 3.67. The lowest BCUT2D eigenvalue weighted by Crippen LogP contribution is -2.26. The van der Waals surface area contributed by atoms with Gasteiger partial charge < -0.3 is 4.57 Å². The van der Waals surface area contributed by atoms with Crippen LogP contribution in [0.2, 0.25) is 0 Å². The van der Waals surface area contributed by atoms with E-state index in [1.807, 2.05) is 6.33 Å². The van der Waals surface area contributed by atoms with Crippen molar-refractivity contribution in [2.75, 3.05) is 6.54 Å². The Morgan fingerprint density at radius 1 is 0.935 bits per heavy atom. The minimum absolute atomic E-state index is 0.711. The van der Waals surface area contributed by atoms with Crippen molar-refractivity contribution >= 4 is 0 Å². The SMILES string of the molecule is Cc1ccc(Cn2cnnc2CN(CCCCc2ccccc2)Cc2ncn[nH]2)cc1. The van der Waals surface area contributed by atoms with Gasteiger partial charge in [0, 0.05) is 0 Å². The van der Waals surface area contributed by atoms with Crippen LogP contribution >= 0.6 is 0 Å². The molecule has 0 amide bonds. The van der Waals surface area contributed by atoms with Gasteiger partial charge in [0.2, 0.25) is 0 Å². The van der Waals surface area contributed by atoms with Crippen LogP contribution < -0.4 is 0 Å². The molecule has 7 nitrogen and oxygen atoms in total. The average molecular weight is 416 g/mol. The molecule has 0 spiro atoms. The predicted octanol–water partition coefficient (Wildman–Crippen LogP) is 3.78. The van der Waals surface area contributed by atoms with Gasteiger partial charge in [0.15, 0.2) is 0 Å². The molecule has 0 unspecified atom stereocenters. The molecular weight excluding hydrogens is 386 g/mol. The summed E-state index contributed by atoms with van der Waals surface area (Å²) in [5.74, 6) is 1.83. The van der Waals surface area contributed by atoms with Crippen molar-refractivity contribution in [3.8, 4) is 0 Å². The summed E-state index contributed by atoms with van der Waals surface area (Å²) in [6, 6.07) is 19.3. The van der Waals surface area contributed by atoms with Crippen molar-refractivity contribution in [1.29, 1.82) is 0 Å². The lowest BCUT2D eigenvalue weighted by atomic mass is 10.1. The summed E-state index contributed by atoms with van der Waals surface area (Å²) in [6.07, 6.45) is 6.72. The van der Waals surface area contributed by atoms with Gasteiger partial charge in [-0.25, -0.2) is 4.98 Å². The predicted molar refractivity (Wildman–Crippen MR) is 120 cm³/mol. The maximum atomic E-state index is 4.40. The molecule has 4 rings (SSSR count). The standard InChI is InChI=1S/C24H29N7/c1-20-10-12-22(13-11-20)15-31-19-27-29-24(31)17-30(16-23-25-18-26-28-23)14-6-5-9-21-7-3-2-4-8-21/h2-4,7-8,10-13,18-19H,5-6,9,14-17H2,1H3,(H,25,26,28). The van der Waals surface area contributed by atoms with E-state index in [9.17, 15) is 0 Å². The second kappa shape index (κ2) is 10.6. The Bertz CT molecular complexity index is 1020. The Morgan fingerprint density at radius 3 is 2.55 bits per heavy atom. The molecule has 7 heteroatoms. The lowest BCUT2D eigenvalue weighted by molar-refractivity contribution is 0.236. The zero-order valence-corrected chi connectivity index (χ0v) is 18.0. The van der Waals surface area contributed by atoms with Crippen LogP contribution in [0.15, 0.2) is 67.3 Å². The van der Waals surface area contributed by atoms with Crippen molar-refractivity contribution in [3.63, 3.8) is 0 Å². The molecule has 1 N–H and O–H groups in total. The van der Waals surface area contributed by atoms with E-state index in [2.05, 4.69) is 96.4 Å². The first kappa shape index (κ1) is 20.9. The number of benzene rings is 2. The molecule has 0 fully saturated rings. The molecule has 4 aromatic rings. The minimum Gasteiger partial charge on any atom is -0.312 e. The second-order valence-electron chi connectivity index (χ2n) is 7.95. The number of aryl methyl sites for hydroxylation is 2.